The van der Waals surface area contributed by atoms with Gasteiger partial charge in [-0.2, -0.15) is 0 Å². The highest BCUT2D eigenvalue weighted by Gasteiger charge is 2.18. The maximum absolute atomic E-state index is 10.0. The zero-order valence-corrected chi connectivity index (χ0v) is 10.5. The van der Waals surface area contributed by atoms with Gasteiger partial charge in [0.2, 0.25) is 0 Å². The Bertz CT molecular complexity index is 525. The number of hydrogen-bond donors (Lipinski definition) is 2. The van der Waals surface area contributed by atoms with E-state index in [4.69, 9.17) is 5.73 Å². The summed E-state index contributed by atoms with van der Waals surface area (Å²) in [7, 11) is 0. The van der Waals surface area contributed by atoms with E-state index < -0.39 is 5.60 Å². The minimum Gasteiger partial charge on any atom is -0.386 e. The Balaban J connectivity index is 2.58. The van der Waals surface area contributed by atoms with Crippen LogP contribution >= 0.6 is 0 Å². The summed E-state index contributed by atoms with van der Waals surface area (Å²) < 4.78 is 1.96. The lowest BCUT2D eigenvalue weighted by Gasteiger charge is -2.18. The topological polar surface area (TPSA) is 63.5 Å². The van der Waals surface area contributed by atoms with Crippen molar-refractivity contribution in [1.82, 2.24) is 9.38 Å². The van der Waals surface area contributed by atoms with Gasteiger partial charge in [-0.15, -0.1) is 0 Å². The number of rotatable bonds is 3. The van der Waals surface area contributed by atoms with Crippen LogP contribution in [0.1, 0.15) is 37.9 Å². The lowest BCUT2D eigenvalue weighted by atomic mass is 9.98. The quantitative estimate of drug-likeness (QED) is 0.846. The Kier molecular flexibility index (Phi) is 2.93. The standard InChI is InChI=1S/C13H19N3O/c1-9(7-14)12-11-6-10(13(2,3)17)4-5-16(11)8-15-12/h4-6,8-9,17H,7,14H2,1-3H3. The fraction of sp³-hybridized carbons (Fsp3) is 0.462. The van der Waals surface area contributed by atoms with Crippen molar-refractivity contribution >= 4 is 5.52 Å². The first-order valence-corrected chi connectivity index (χ1v) is 5.83. The normalized spacial score (nSPS) is 14.2. The molecule has 0 radical (unpaired) electrons. The third kappa shape index (κ3) is 2.18. The van der Waals surface area contributed by atoms with Crippen LogP contribution in [0.3, 0.4) is 0 Å². The number of nitrogens with zero attached hydrogens (tertiary/aromatic N) is 2. The van der Waals surface area contributed by atoms with Gasteiger partial charge in [-0.05, 0) is 31.5 Å². The molecule has 3 N–H and O–H groups in total. The molecular formula is C13H19N3O. The molecule has 0 amide bonds. The average molecular weight is 233 g/mol. The molecule has 1 unspecified atom stereocenters. The van der Waals surface area contributed by atoms with E-state index in [0.29, 0.717) is 6.54 Å². The zero-order valence-electron chi connectivity index (χ0n) is 10.5. The van der Waals surface area contributed by atoms with Gasteiger partial charge in [0.1, 0.15) is 0 Å². The lowest BCUT2D eigenvalue weighted by molar-refractivity contribution is 0.0786. The van der Waals surface area contributed by atoms with Gasteiger partial charge in [0.25, 0.3) is 0 Å². The lowest BCUT2D eigenvalue weighted by Crippen LogP contribution is -2.16. The highest BCUT2D eigenvalue weighted by Crippen LogP contribution is 2.24. The maximum atomic E-state index is 10.0. The number of pyridine rings is 1. The van der Waals surface area contributed by atoms with Gasteiger partial charge in [-0.1, -0.05) is 6.92 Å². The van der Waals surface area contributed by atoms with Crippen LogP contribution in [0.2, 0.25) is 0 Å². The molecule has 0 aromatic carbocycles. The van der Waals surface area contributed by atoms with Gasteiger partial charge in [-0.3, -0.25) is 0 Å². The fourth-order valence-corrected chi connectivity index (χ4v) is 1.88. The van der Waals surface area contributed by atoms with Crippen LogP contribution in [0, 0.1) is 0 Å². The summed E-state index contributed by atoms with van der Waals surface area (Å²) in [6.07, 6.45) is 3.70. The molecule has 0 bridgehead atoms. The molecule has 2 rings (SSSR count). The molecule has 17 heavy (non-hydrogen) atoms. The number of nitrogens with two attached hydrogens (primary N) is 1. The van der Waals surface area contributed by atoms with Crippen molar-refractivity contribution in [2.24, 2.45) is 5.73 Å². The second kappa shape index (κ2) is 4.13. The van der Waals surface area contributed by atoms with E-state index in [0.717, 1.165) is 16.8 Å². The third-order valence-electron chi connectivity index (χ3n) is 3.10. The molecule has 0 saturated carbocycles. The smallest absolute Gasteiger partial charge is 0.0995 e. The van der Waals surface area contributed by atoms with Crippen LogP contribution in [0.4, 0.5) is 0 Å². The number of aromatic nitrogens is 2. The molecule has 0 spiro atoms. The first-order chi connectivity index (χ1) is 7.93. The highest BCUT2D eigenvalue weighted by atomic mass is 16.3. The molecule has 4 nitrogen and oxygen atoms in total. The summed E-state index contributed by atoms with van der Waals surface area (Å²) in [4.78, 5) is 4.39. The van der Waals surface area contributed by atoms with Gasteiger partial charge >= 0.3 is 0 Å². The summed E-state index contributed by atoms with van der Waals surface area (Å²) in [6.45, 7) is 6.18. The van der Waals surface area contributed by atoms with Crippen molar-refractivity contribution in [2.75, 3.05) is 6.54 Å². The highest BCUT2D eigenvalue weighted by molar-refractivity contribution is 5.55. The minimum absolute atomic E-state index is 0.219. The van der Waals surface area contributed by atoms with Gasteiger partial charge < -0.3 is 15.2 Å². The first kappa shape index (κ1) is 12.1. The Hall–Kier alpha value is -1.39. The second-order valence-electron chi connectivity index (χ2n) is 5.03. The Morgan fingerprint density at radius 2 is 2.24 bits per heavy atom. The van der Waals surface area contributed by atoms with Gasteiger partial charge in [0.15, 0.2) is 0 Å². The number of aliphatic hydroxyl groups is 1. The summed E-state index contributed by atoms with van der Waals surface area (Å²) in [5, 5.41) is 10.0. The molecule has 2 heterocycles. The SMILES string of the molecule is CC(CN)c1ncn2ccc(C(C)(C)O)cc12. The summed E-state index contributed by atoms with van der Waals surface area (Å²) >= 11 is 0. The van der Waals surface area contributed by atoms with E-state index in [2.05, 4.69) is 11.9 Å². The van der Waals surface area contributed by atoms with Crippen LogP contribution in [0.25, 0.3) is 5.52 Å². The molecule has 0 fully saturated rings. The van der Waals surface area contributed by atoms with Crippen LogP contribution < -0.4 is 5.73 Å². The van der Waals surface area contributed by atoms with Crippen molar-refractivity contribution in [3.05, 3.63) is 35.9 Å². The van der Waals surface area contributed by atoms with Crippen molar-refractivity contribution in [2.45, 2.75) is 32.3 Å². The van der Waals surface area contributed by atoms with Crippen LogP contribution in [0.15, 0.2) is 24.7 Å². The Morgan fingerprint density at radius 3 is 2.82 bits per heavy atom. The molecule has 1 atom stereocenters. The van der Waals surface area contributed by atoms with Crippen molar-refractivity contribution < 1.29 is 5.11 Å². The molecule has 0 aliphatic carbocycles. The predicted octanol–water partition coefficient (Wildman–Crippen LogP) is 1.62. The van der Waals surface area contributed by atoms with Crippen molar-refractivity contribution in [3.63, 3.8) is 0 Å². The molecule has 4 heteroatoms. The van der Waals surface area contributed by atoms with Gasteiger partial charge in [-0.25, -0.2) is 4.98 Å². The third-order valence-corrected chi connectivity index (χ3v) is 3.10. The van der Waals surface area contributed by atoms with Crippen molar-refractivity contribution in [3.8, 4) is 0 Å². The minimum atomic E-state index is -0.838. The van der Waals surface area contributed by atoms with Gasteiger partial charge in [0, 0.05) is 18.7 Å². The Labute approximate surface area is 101 Å². The van der Waals surface area contributed by atoms with E-state index in [-0.39, 0.29) is 5.92 Å². The molecule has 2 aromatic heterocycles. The van der Waals surface area contributed by atoms with E-state index in [1.165, 1.54) is 0 Å². The largest absolute Gasteiger partial charge is 0.386 e. The maximum Gasteiger partial charge on any atom is 0.0995 e. The molecule has 0 aliphatic rings. The first-order valence-electron chi connectivity index (χ1n) is 5.83. The monoisotopic (exact) mass is 233 g/mol. The van der Waals surface area contributed by atoms with Crippen molar-refractivity contribution in [1.29, 1.82) is 0 Å². The molecular weight excluding hydrogens is 214 g/mol. The van der Waals surface area contributed by atoms with Crippen LogP contribution in [0.5, 0.6) is 0 Å². The van der Waals surface area contributed by atoms with E-state index >= 15 is 0 Å². The van der Waals surface area contributed by atoms with Gasteiger partial charge in [0.05, 0.1) is 23.1 Å². The zero-order chi connectivity index (χ0) is 12.6. The fourth-order valence-electron chi connectivity index (χ4n) is 1.88. The molecule has 0 aliphatic heterocycles. The van der Waals surface area contributed by atoms with E-state index in [9.17, 15) is 5.11 Å². The van der Waals surface area contributed by atoms with E-state index in [1.54, 1.807) is 20.2 Å². The molecule has 2 aromatic rings. The number of hydrogen-bond acceptors (Lipinski definition) is 3. The average Bonchev–Trinajstić information content (AvgIpc) is 2.69. The molecule has 92 valence electrons. The van der Waals surface area contributed by atoms with Crippen LogP contribution in [-0.4, -0.2) is 21.0 Å². The van der Waals surface area contributed by atoms with Crippen LogP contribution in [-0.2, 0) is 5.60 Å². The second-order valence-corrected chi connectivity index (χ2v) is 5.03. The molecule has 0 saturated heterocycles. The number of fused-ring (bicyclic) bond motifs is 1. The number of imidazole rings is 1. The summed E-state index contributed by atoms with van der Waals surface area (Å²) in [5.41, 5.74) is 7.73. The summed E-state index contributed by atoms with van der Waals surface area (Å²) in [6, 6.07) is 3.89. The Morgan fingerprint density at radius 1 is 1.53 bits per heavy atom. The summed E-state index contributed by atoms with van der Waals surface area (Å²) in [5.74, 6) is 0.219. The van der Waals surface area contributed by atoms with E-state index in [1.807, 2.05) is 22.7 Å². The predicted molar refractivity (Wildman–Crippen MR) is 67.9 cm³/mol.